The summed E-state index contributed by atoms with van der Waals surface area (Å²) in [5, 5.41) is 6.37. The third-order valence-electron chi connectivity index (χ3n) is 6.57. The number of hydrogen-bond acceptors (Lipinski definition) is 6. The Morgan fingerprint density at radius 1 is 0.884 bits per heavy atom. The molecule has 0 aliphatic carbocycles. The van der Waals surface area contributed by atoms with Gasteiger partial charge in [-0.1, -0.05) is 18.2 Å². The van der Waals surface area contributed by atoms with Crippen LogP contribution in [0.4, 0.5) is 19.0 Å². The number of rotatable bonds is 9. The lowest BCUT2D eigenvalue weighted by Crippen LogP contribution is -2.32. The molecular formula is C32H26F3N5O3. The van der Waals surface area contributed by atoms with Crippen LogP contribution in [0.25, 0.3) is 22.2 Å². The summed E-state index contributed by atoms with van der Waals surface area (Å²) < 4.78 is 44.5. The molecule has 0 saturated carbocycles. The molecule has 0 spiro atoms. The van der Waals surface area contributed by atoms with Crippen molar-refractivity contribution in [3.63, 3.8) is 0 Å². The Kier molecular flexibility index (Phi) is 8.72. The van der Waals surface area contributed by atoms with Crippen LogP contribution in [0.5, 0.6) is 0 Å². The summed E-state index contributed by atoms with van der Waals surface area (Å²) in [5.74, 6) is -0.577. The van der Waals surface area contributed by atoms with Crippen LogP contribution in [0.3, 0.4) is 0 Å². The number of halogens is 3. The molecule has 0 aliphatic rings. The summed E-state index contributed by atoms with van der Waals surface area (Å²) in [5.41, 5.74) is 1.62. The first-order chi connectivity index (χ1) is 20.7. The number of anilines is 1. The van der Waals surface area contributed by atoms with Crippen LogP contribution in [0.2, 0.25) is 0 Å². The second-order valence-corrected chi connectivity index (χ2v) is 9.47. The lowest BCUT2D eigenvalue weighted by Gasteiger charge is -2.18. The predicted molar refractivity (Wildman–Crippen MR) is 155 cm³/mol. The maximum Gasteiger partial charge on any atom is 0.416 e. The van der Waals surface area contributed by atoms with Crippen molar-refractivity contribution in [2.45, 2.75) is 19.1 Å². The van der Waals surface area contributed by atoms with Gasteiger partial charge in [-0.25, -0.2) is 4.98 Å². The smallest absolute Gasteiger partial charge is 0.379 e. The van der Waals surface area contributed by atoms with Crippen molar-refractivity contribution in [2.24, 2.45) is 0 Å². The van der Waals surface area contributed by atoms with Crippen LogP contribution in [0.15, 0.2) is 97.3 Å². The Bertz CT molecular complexity index is 1750. The average Bonchev–Trinajstić information content (AvgIpc) is 3.02. The van der Waals surface area contributed by atoms with E-state index in [-0.39, 0.29) is 29.6 Å². The molecule has 11 heteroatoms. The fourth-order valence-corrected chi connectivity index (χ4v) is 4.42. The Balaban J connectivity index is 1.32. The summed E-state index contributed by atoms with van der Waals surface area (Å²) in [6, 6.07) is 20.9. The molecule has 0 aliphatic heterocycles. The number of aromatic nitrogens is 3. The highest BCUT2D eigenvalue weighted by molar-refractivity contribution is 6.08. The van der Waals surface area contributed by atoms with Crippen LogP contribution < -0.4 is 10.6 Å². The molecule has 2 aromatic carbocycles. The number of nitrogens with zero attached hydrogens (tertiary/aromatic N) is 3. The molecule has 3 aromatic heterocycles. The number of fused-ring (bicyclic) bond motifs is 1. The standard InChI is InChI=1S/C32H26F3N5O3/c1-2-43-19-27(26-7-3-4-16-36-26)39-30(41)22-10-14-25-21(18-22)11-15-28(38-25)40-31(42)24-6-5-17-37-29(24)20-8-12-23(13-9-20)32(33,34)35/h3-18,27H,2,19H2,1H3,(H,39,41)(H,38,40,42)/t27-/m1/s1. The molecular weight excluding hydrogens is 559 g/mol. The molecule has 1 atom stereocenters. The van der Waals surface area contributed by atoms with Crippen LogP contribution in [0, 0.1) is 0 Å². The number of carbonyl (C=O) groups excluding carboxylic acids is 2. The molecule has 0 unspecified atom stereocenters. The van der Waals surface area contributed by atoms with Gasteiger partial charge in [-0.3, -0.25) is 19.6 Å². The molecule has 2 amide bonds. The van der Waals surface area contributed by atoms with Gasteiger partial charge in [0.05, 0.1) is 40.7 Å². The van der Waals surface area contributed by atoms with E-state index in [1.165, 1.54) is 24.4 Å². The number of pyridine rings is 3. The van der Waals surface area contributed by atoms with Crippen molar-refractivity contribution >= 4 is 28.5 Å². The predicted octanol–water partition coefficient (Wildman–Crippen LogP) is 6.47. The maximum atomic E-state index is 13.2. The van der Waals surface area contributed by atoms with Crippen LogP contribution >= 0.6 is 0 Å². The molecule has 3 heterocycles. The Hall–Kier alpha value is -5.16. The van der Waals surface area contributed by atoms with Gasteiger partial charge in [-0.15, -0.1) is 0 Å². The monoisotopic (exact) mass is 585 g/mol. The van der Waals surface area contributed by atoms with E-state index >= 15 is 0 Å². The van der Waals surface area contributed by atoms with Crippen LogP contribution in [-0.4, -0.2) is 40.0 Å². The van der Waals surface area contributed by atoms with E-state index in [2.05, 4.69) is 25.6 Å². The van der Waals surface area contributed by atoms with Gasteiger partial charge in [0.2, 0.25) is 0 Å². The number of amides is 2. The molecule has 5 aromatic rings. The molecule has 0 radical (unpaired) electrons. The number of hydrogen-bond donors (Lipinski definition) is 2. The van der Waals surface area contributed by atoms with Crippen molar-refractivity contribution in [2.75, 3.05) is 18.5 Å². The first-order valence-electron chi connectivity index (χ1n) is 13.4. The van der Waals surface area contributed by atoms with E-state index in [1.54, 1.807) is 48.7 Å². The molecule has 0 bridgehead atoms. The third-order valence-corrected chi connectivity index (χ3v) is 6.57. The van der Waals surface area contributed by atoms with E-state index in [1.807, 2.05) is 19.1 Å². The SMILES string of the molecule is CCOC[C@@H](NC(=O)c1ccc2nc(NC(=O)c3cccnc3-c3ccc(C(F)(F)F)cc3)ccc2c1)c1ccccn1. The molecule has 2 N–H and O–H groups in total. The number of alkyl halides is 3. The fraction of sp³-hybridized carbons (Fsp3) is 0.156. The highest BCUT2D eigenvalue weighted by Crippen LogP contribution is 2.31. The average molecular weight is 586 g/mol. The number of benzene rings is 2. The topological polar surface area (TPSA) is 106 Å². The van der Waals surface area contributed by atoms with Gasteiger partial charge in [-0.2, -0.15) is 13.2 Å². The first-order valence-corrected chi connectivity index (χ1v) is 13.4. The lowest BCUT2D eigenvalue weighted by atomic mass is 10.0. The van der Waals surface area contributed by atoms with Gasteiger partial charge >= 0.3 is 6.18 Å². The summed E-state index contributed by atoms with van der Waals surface area (Å²) in [7, 11) is 0. The van der Waals surface area contributed by atoms with Crippen molar-refractivity contribution in [1.29, 1.82) is 0 Å². The normalized spacial score (nSPS) is 12.1. The van der Waals surface area contributed by atoms with E-state index < -0.39 is 23.7 Å². The minimum atomic E-state index is -4.47. The Morgan fingerprint density at radius 2 is 1.67 bits per heavy atom. The second-order valence-electron chi connectivity index (χ2n) is 9.47. The van der Waals surface area contributed by atoms with E-state index in [0.29, 0.717) is 34.3 Å². The van der Waals surface area contributed by atoms with Gasteiger partial charge in [0.1, 0.15) is 5.82 Å². The van der Waals surface area contributed by atoms with Gasteiger partial charge in [0.15, 0.2) is 0 Å². The Morgan fingerprint density at radius 3 is 2.40 bits per heavy atom. The zero-order chi connectivity index (χ0) is 30.4. The van der Waals surface area contributed by atoms with E-state index in [9.17, 15) is 22.8 Å². The van der Waals surface area contributed by atoms with Crippen molar-refractivity contribution < 1.29 is 27.5 Å². The number of carbonyl (C=O) groups is 2. The number of ether oxygens (including phenoxy) is 1. The zero-order valence-corrected chi connectivity index (χ0v) is 22.9. The summed E-state index contributed by atoms with van der Waals surface area (Å²) in [4.78, 5) is 39.3. The van der Waals surface area contributed by atoms with Crippen molar-refractivity contribution in [3.8, 4) is 11.3 Å². The minimum absolute atomic E-state index is 0.172. The molecule has 0 saturated heterocycles. The maximum absolute atomic E-state index is 13.2. The molecule has 5 rings (SSSR count). The van der Waals surface area contributed by atoms with Gasteiger partial charge in [0.25, 0.3) is 11.8 Å². The second kappa shape index (κ2) is 12.8. The van der Waals surface area contributed by atoms with Crippen molar-refractivity contribution in [1.82, 2.24) is 20.3 Å². The van der Waals surface area contributed by atoms with E-state index in [0.717, 1.165) is 12.1 Å². The molecule has 8 nitrogen and oxygen atoms in total. The van der Waals surface area contributed by atoms with Gasteiger partial charge in [-0.05, 0) is 73.7 Å². The van der Waals surface area contributed by atoms with Crippen molar-refractivity contribution in [3.05, 3.63) is 120 Å². The zero-order valence-electron chi connectivity index (χ0n) is 22.9. The van der Waals surface area contributed by atoms with Gasteiger partial charge in [0, 0.05) is 35.5 Å². The quantitative estimate of drug-likeness (QED) is 0.205. The summed E-state index contributed by atoms with van der Waals surface area (Å²) >= 11 is 0. The third kappa shape index (κ3) is 7.02. The molecule has 0 fully saturated rings. The van der Waals surface area contributed by atoms with Crippen LogP contribution in [-0.2, 0) is 10.9 Å². The fourth-order valence-electron chi connectivity index (χ4n) is 4.42. The first kappa shape index (κ1) is 29.3. The van der Waals surface area contributed by atoms with Crippen LogP contribution in [0.1, 0.15) is 44.9 Å². The highest BCUT2D eigenvalue weighted by atomic mass is 19.4. The largest absolute Gasteiger partial charge is 0.416 e. The number of nitrogens with one attached hydrogen (secondary N) is 2. The minimum Gasteiger partial charge on any atom is -0.379 e. The molecule has 43 heavy (non-hydrogen) atoms. The lowest BCUT2D eigenvalue weighted by molar-refractivity contribution is -0.137. The highest BCUT2D eigenvalue weighted by Gasteiger charge is 2.30. The summed E-state index contributed by atoms with van der Waals surface area (Å²) in [6.45, 7) is 2.64. The Labute approximate surface area is 245 Å². The van der Waals surface area contributed by atoms with Gasteiger partial charge < -0.3 is 15.4 Å². The molecule has 218 valence electrons. The summed E-state index contributed by atoms with van der Waals surface area (Å²) in [6.07, 6.45) is -1.36. The van der Waals surface area contributed by atoms with E-state index in [4.69, 9.17) is 4.74 Å².